The van der Waals surface area contributed by atoms with Gasteiger partial charge in [-0.3, -0.25) is 9.80 Å². The monoisotopic (exact) mass is 391 g/mol. The first-order valence-electron chi connectivity index (χ1n) is 9.01. The highest BCUT2D eigenvalue weighted by Gasteiger charge is 2.18. The normalized spacial score (nSPS) is 15.7. The molecule has 0 radical (unpaired) electrons. The number of anilines is 2. The molecule has 3 rings (SSSR count). The van der Waals surface area contributed by atoms with Crippen molar-refractivity contribution in [3.63, 3.8) is 0 Å². The molecular weight excluding hydrogens is 366 g/mol. The topological polar surface area (TPSA) is 83.6 Å². The van der Waals surface area contributed by atoms with Crippen molar-refractivity contribution < 1.29 is 4.74 Å². The Hall–Kier alpha value is -2.16. The molecule has 8 nitrogen and oxygen atoms in total. The summed E-state index contributed by atoms with van der Waals surface area (Å²) >= 11 is 6.11. The molecule has 2 heterocycles. The van der Waals surface area contributed by atoms with Crippen LogP contribution in [0.2, 0.25) is 5.02 Å². The Kier molecular flexibility index (Phi) is 6.65. The van der Waals surface area contributed by atoms with Crippen LogP contribution >= 0.6 is 11.6 Å². The second-order valence-electron chi connectivity index (χ2n) is 6.70. The van der Waals surface area contributed by atoms with Crippen molar-refractivity contribution in [2.45, 2.75) is 6.54 Å². The Labute approximate surface area is 164 Å². The van der Waals surface area contributed by atoms with Crippen molar-refractivity contribution in [2.24, 2.45) is 0 Å². The van der Waals surface area contributed by atoms with Gasteiger partial charge in [0.15, 0.2) is 0 Å². The zero-order valence-corrected chi connectivity index (χ0v) is 16.6. The van der Waals surface area contributed by atoms with Gasteiger partial charge in [-0.1, -0.05) is 23.7 Å². The van der Waals surface area contributed by atoms with E-state index in [1.54, 1.807) is 0 Å². The van der Waals surface area contributed by atoms with Gasteiger partial charge in [0, 0.05) is 46.8 Å². The second-order valence-corrected chi connectivity index (χ2v) is 7.11. The van der Waals surface area contributed by atoms with Gasteiger partial charge in [-0.05, 0) is 12.1 Å². The smallest absolute Gasteiger partial charge is 0.229 e. The number of rotatable bonds is 7. The van der Waals surface area contributed by atoms with Crippen molar-refractivity contribution in [1.82, 2.24) is 24.8 Å². The van der Waals surface area contributed by atoms with Gasteiger partial charge in [0.25, 0.3) is 0 Å². The molecule has 0 bridgehead atoms. The van der Waals surface area contributed by atoms with Crippen LogP contribution < -0.4 is 15.4 Å². The molecule has 0 saturated carbocycles. The largest absolute Gasteiger partial charge is 0.491 e. The number of aromatic nitrogens is 3. The van der Waals surface area contributed by atoms with Crippen LogP contribution in [0.1, 0.15) is 5.82 Å². The number of piperazine rings is 1. The third kappa shape index (κ3) is 5.66. The van der Waals surface area contributed by atoms with Gasteiger partial charge in [0.1, 0.15) is 18.2 Å². The maximum Gasteiger partial charge on any atom is 0.229 e. The fourth-order valence-corrected chi connectivity index (χ4v) is 3.10. The van der Waals surface area contributed by atoms with E-state index in [4.69, 9.17) is 22.1 Å². The first kappa shape index (κ1) is 19.6. The van der Waals surface area contributed by atoms with E-state index in [2.05, 4.69) is 24.8 Å². The fourth-order valence-electron chi connectivity index (χ4n) is 2.91. The minimum absolute atomic E-state index is 0.263. The molecule has 0 unspecified atom stereocenters. The average molecular weight is 392 g/mol. The van der Waals surface area contributed by atoms with Crippen LogP contribution in [0.3, 0.4) is 0 Å². The zero-order valence-electron chi connectivity index (χ0n) is 15.8. The SMILES string of the molecule is CN(C)c1nc(N)nc(CN2CCN(CCOc3ccccc3Cl)CC2)n1. The number of nitrogens with zero attached hydrogens (tertiary/aromatic N) is 6. The van der Waals surface area contributed by atoms with Crippen molar-refractivity contribution in [3.05, 3.63) is 35.1 Å². The van der Waals surface area contributed by atoms with Gasteiger partial charge in [-0.2, -0.15) is 15.0 Å². The first-order chi connectivity index (χ1) is 13.0. The van der Waals surface area contributed by atoms with E-state index >= 15 is 0 Å². The van der Waals surface area contributed by atoms with E-state index in [9.17, 15) is 0 Å². The Balaban J connectivity index is 1.43. The molecule has 0 amide bonds. The molecule has 0 atom stereocenters. The third-order valence-electron chi connectivity index (χ3n) is 4.42. The zero-order chi connectivity index (χ0) is 19.2. The number of ether oxygens (including phenoxy) is 1. The van der Waals surface area contributed by atoms with Gasteiger partial charge in [0.05, 0.1) is 11.6 Å². The van der Waals surface area contributed by atoms with Crippen LogP contribution in [0, 0.1) is 0 Å². The molecule has 146 valence electrons. The number of halogens is 1. The van der Waals surface area contributed by atoms with Gasteiger partial charge < -0.3 is 15.4 Å². The molecule has 2 aromatic rings. The van der Waals surface area contributed by atoms with E-state index < -0.39 is 0 Å². The summed E-state index contributed by atoms with van der Waals surface area (Å²) in [4.78, 5) is 19.4. The van der Waals surface area contributed by atoms with Crippen molar-refractivity contribution in [3.8, 4) is 5.75 Å². The predicted octanol–water partition coefficient (Wildman–Crippen LogP) is 1.37. The Bertz CT molecular complexity index is 750. The van der Waals surface area contributed by atoms with Gasteiger partial charge >= 0.3 is 0 Å². The Morgan fingerprint density at radius 3 is 2.48 bits per heavy atom. The van der Waals surface area contributed by atoms with E-state index in [0.717, 1.165) is 38.5 Å². The van der Waals surface area contributed by atoms with Crippen LogP contribution in [0.25, 0.3) is 0 Å². The Morgan fingerprint density at radius 1 is 1.07 bits per heavy atom. The highest BCUT2D eigenvalue weighted by molar-refractivity contribution is 6.32. The molecule has 27 heavy (non-hydrogen) atoms. The van der Waals surface area contributed by atoms with Gasteiger partial charge in [-0.25, -0.2) is 0 Å². The lowest BCUT2D eigenvalue weighted by Gasteiger charge is -2.34. The average Bonchev–Trinajstić information content (AvgIpc) is 2.64. The van der Waals surface area contributed by atoms with E-state index in [1.165, 1.54) is 0 Å². The summed E-state index contributed by atoms with van der Waals surface area (Å²) in [7, 11) is 3.78. The van der Waals surface area contributed by atoms with Crippen LogP contribution in [-0.2, 0) is 6.54 Å². The summed E-state index contributed by atoms with van der Waals surface area (Å²) in [6.45, 7) is 6.05. The summed E-state index contributed by atoms with van der Waals surface area (Å²) in [6, 6.07) is 7.56. The summed E-state index contributed by atoms with van der Waals surface area (Å²) in [5.41, 5.74) is 5.80. The summed E-state index contributed by atoms with van der Waals surface area (Å²) < 4.78 is 5.78. The molecule has 1 aromatic heterocycles. The maximum atomic E-state index is 6.11. The highest BCUT2D eigenvalue weighted by atomic mass is 35.5. The lowest BCUT2D eigenvalue weighted by molar-refractivity contribution is 0.111. The number of nitrogen functional groups attached to an aromatic ring is 1. The molecule has 2 N–H and O–H groups in total. The van der Waals surface area contributed by atoms with Crippen LogP contribution in [-0.4, -0.2) is 78.2 Å². The van der Waals surface area contributed by atoms with E-state index in [0.29, 0.717) is 29.9 Å². The lowest BCUT2D eigenvalue weighted by Crippen LogP contribution is -2.47. The Morgan fingerprint density at radius 2 is 1.78 bits per heavy atom. The summed E-state index contributed by atoms with van der Waals surface area (Å²) in [5, 5.41) is 0.649. The molecule has 1 fully saturated rings. The standard InChI is InChI=1S/C18H26ClN7O/c1-24(2)18-22-16(21-17(20)23-18)13-26-9-7-25(8-10-26)11-12-27-15-6-4-3-5-14(15)19/h3-6H,7-13H2,1-2H3,(H2,20,21,22,23). The lowest BCUT2D eigenvalue weighted by atomic mass is 10.3. The minimum Gasteiger partial charge on any atom is -0.491 e. The molecular formula is C18H26ClN7O. The van der Waals surface area contributed by atoms with Crippen LogP contribution in [0.5, 0.6) is 5.75 Å². The van der Waals surface area contributed by atoms with Crippen LogP contribution in [0.4, 0.5) is 11.9 Å². The summed E-state index contributed by atoms with van der Waals surface area (Å²) in [6.07, 6.45) is 0. The van der Waals surface area contributed by atoms with Crippen molar-refractivity contribution >= 4 is 23.5 Å². The predicted molar refractivity (Wildman–Crippen MR) is 107 cm³/mol. The maximum absolute atomic E-state index is 6.11. The summed E-state index contributed by atoms with van der Waals surface area (Å²) in [5.74, 6) is 2.30. The molecule has 0 spiro atoms. The second kappa shape index (κ2) is 9.16. The number of para-hydroxylation sites is 1. The molecule has 1 saturated heterocycles. The van der Waals surface area contributed by atoms with Crippen LogP contribution in [0.15, 0.2) is 24.3 Å². The van der Waals surface area contributed by atoms with Crippen molar-refractivity contribution in [2.75, 3.05) is 64.1 Å². The number of hydrogen-bond acceptors (Lipinski definition) is 8. The first-order valence-corrected chi connectivity index (χ1v) is 9.39. The third-order valence-corrected chi connectivity index (χ3v) is 4.73. The molecule has 0 aliphatic carbocycles. The fraction of sp³-hybridized carbons (Fsp3) is 0.500. The van der Waals surface area contributed by atoms with Crippen molar-refractivity contribution in [1.29, 1.82) is 0 Å². The molecule has 1 aromatic carbocycles. The molecule has 1 aliphatic rings. The van der Waals surface area contributed by atoms with E-state index in [-0.39, 0.29) is 5.95 Å². The number of nitrogens with two attached hydrogens (primary N) is 1. The number of hydrogen-bond donors (Lipinski definition) is 1. The molecule has 9 heteroatoms. The quantitative estimate of drug-likeness (QED) is 0.757. The highest BCUT2D eigenvalue weighted by Crippen LogP contribution is 2.22. The van der Waals surface area contributed by atoms with Gasteiger partial charge in [0.2, 0.25) is 11.9 Å². The minimum atomic E-state index is 0.263. The number of benzene rings is 1. The molecule has 1 aliphatic heterocycles. The van der Waals surface area contributed by atoms with E-state index in [1.807, 2.05) is 43.3 Å². The van der Waals surface area contributed by atoms with Gasteiger partial charge in [-0.15, -0.1) is 0 Å².